The molecule has 0 aromatic heterocycles. The highest BCUT2D eigenvalue weighted by atomic mass is 79.9. The second kappa shape index (κ2) is 7.55. The summed E-state index contributed by atoms with van der Waals surface area (Å²) in [6.07, 6.45) is 0. The van der Waals surface area contributed by atoms with Crippen LogP contribution in [0.25, 0.3) is 0 Å². The molecule has 2 aromatic carbocycles. The molecule has 5 heteroatoms. The van der Waals surface area contributed by atoms with Crippen LogP contribution in [-0.4, -0.2) is 20.3 Å². The van der Waals surface area contributed by atoms with E-state index >= 15 is 0 Å². The molecule has 2 rings (SSSR count). The van der Waals surface area contributed by atoms with Crippen LogP contribution in [0.4, 0.5) is 0 Å². The summed E-state index contributed by atoms with van der Waals surface area (Å²) in [5.41, 5.74) is 0.491. The first-order chi connectivity index (χ1) is 10.2. The Morgan fingerprint density at radius 1 is 1.05 bits per heavy atom. The zero-order valence-corrected chi connectivity index (χ0v) is 13.1. The third-order valence-corrected chi connectivity index (χ3v) is 3.21. The van der Waals surface area contributed by atoms with Gasteiger partial charge in [0, 0.05) is 10.5 Å². The Morgan fingerprint density at radius 3 is 2.57 bits per heavy atom. The van der Waals surface area contributed by atoms with Crippen LogP contribution in [0.1, 0.15) is 5.56 Å². The Morgan fingerprint density at radius 2 is 1.81 bits per heavy atom. The van der Waals surface area contributed by atoms with Crippen LogP contribution in [0, 0.1) is 11.3 Å². The molecule has 0 heterocycles. The minimum Gasteiger partial charge on any atom is -0.497 e. The molecule has 2 aromatic rings. The van der Waals surface area contributed by atoms with E-state index in [-0.39, 0.29) is 0 Å². The van der Waals surface area contributed by atoms with Crippen molar-refractivity contribution in [3.05, 3.63) is 52.5 Å². The molecule has 0 saturated heterocycles. The highest BCUT2D eigenvalue weighted by molar-refractivity contribution is 9.10. The maximum Gasteiger partial charge on any atom is 0.137 e. The second-order valence-electron chi connectivity index (χ2n) is 4.13. The molecule has 21 heavy (non-hydrogen) atoms. The molecule has 0 atom stereocenters. The zero-order chi connectivity index (χ0) is 15.1. The summed E-state index contributed by atoms with van der Waals surface area (Å²) in [6, 6.07) is 14.8. The number of hydrogen-bond donors (Lipinski definition) is 0. The third kappa shape index (κ3) is 4.40. The van der Waals surface area contributed by atoms with Crippen molar-refractivity contribution in [3.8, 4) is 23.3 Å². The van der Waals surface area contributed by atoms with E-state index in [1.807, 2.05) is 24.3 Å². The van der Waals surface area contributed by atoms with Crippen LogP contribution in [0.2, 0.25) is 0 Å². The lowest BCUT2D eigenvalue weighted by Crippen LogP contribution is -2.09. The van der Waals surface area contributed by atoms with Gasteiger partial charge < -0.3 is 14.2 Å². The minimum absolute atomic E-state index is 0.355. The lowest BCUT2D eigenvalue weighted by atomic mass is 10.2. The van der Waals surface area contributed by atoms with Gasteiger partial charge in [0.2, 0.25) is 0 Å². The van der Waals surface area contributed by atoms with E-state index in [0.717, 1.165) is 10.2 Å². The lowest BCUT2D eigenvalue weighted by Gasteiger charge is -2.10. The fourth-order valence-corrected chi connectivity index (χ4v) is 2.08. The normalized spacial score (nSPS) is 9.76. The first-order valence-corrected chi connectivity index (χ1v) is 7.11. The van der Waals surface area contributed by atoms with E-state index in [1.165, 1.54) is 0 Å². The second-order valence-corrected chi connectivity index (χ2v) is 5.04. The Bertz CT molecular complexity index is 652. The first-order valence-electron chi connectivity index (χ1n) is 6.32. The van der Waals surface area contributed by atoms with E-state index in [9.17, 15) is 0 Å². The third-order valence-electron chi connectivity index (χ3n) is 2.71. The number of benzene rings is 2. The summed E-state index contributed by atoms with van der Waals surface area (Å²) in [4.78, 5) is 0. The highest BCUT2D eigenvalue weighted by Crippen LogP contribution is 2.22. The maximum atomic E-state index is 9.04. The number of hydrogen-bond acceptors (Lipinski definition) is 4. The molecule has 0 bridgehead atoms. The summed E-state index contributed by atoms with van der Waals surface area (Å²) in [7, 11) is 1.61. The van der Waals surface area contributed by atoms with Gasteiger partial charge in [0.25, 0.3) is 0 Å². The molecule has 0 aliphatic rings. The molecule has 108 valence electrons. The average Bonchev–Trinajstić information content (AvgIpc) is 2.52. The fraction of sp³-hybridized carbons (Fsp3) is 0.188. The summed E-state index contributed by atoms with van der Waals surface area (Å²) >= 11 is 3.32. The van der Waals surface area contributed by atoms with Gasteiger partial charge in [-0.1, -0.05) is 22.0 Å². The molecule has 0 aliphatic carbocycles. The van der Waals surface area contributed by atoms with Crippen LogP contribution in [0.15, 0.2) is 46.9 Å². The van der Waals surface area contributed by atoms with Crippen molar-refractivity contribution in [2.75, 3.05) is 20.3 Å². The van der Waals surface area contributed by atoms with Crippen molar-refractivity contribution in [1.82, 2.24) is 0 Å². The zero-order valence-electron chi connectivity index (χ0n) is 11.5. The van der Waals surface area contributed by atoms with E-state index in [4.69, 9.17) is 19.5 Å². The van der Waals surface area contributed by atoms with Crippen molar-refractivity contribution < 1.29 is 14.2 Å². The Balaban J connectivity index is 1.86. The van der Waals surface area contributed by atoms with E-state index in [2.05, 4.69) is 22.0 Å². The van der Waals surface area contributed by atoms with Gasteiger partial charge in [-0.25, -0.2) is 0 Å². The summed E-state index contributed by atoms with van der Waals surface area (Å²) in [5, 5.41) is 9.04. The van der Waals surface area contributed by atoms with Crippen molar-refractivity contribution in [1.29, 1.82) is 5.26 Å². The monoisotopic (exact) mass is 347 g/mol. The van der Waals surface area contributed by atoms with Crippen molar-refractivity contribution in [3.63, 3.8) is 0 Å². The molecule has 0 radical (unpaired) electrons. The number of methoxy groups -OCH3 is 1. The predicted molar refractivity (Wildman–Crippen MR) is 82.8 cm³/mol. The molecule has 0 fully saturated rings. The number of nitriles is 1. The van der Waals surface area contributed by atoms with Crippen LogP contribution < -0.4 is 14.2 Å². The molecular formula is C16H14BrNO3. The van der Waals surface area contributed by atoms with Gasteiger partial charge in [0.05, 0.1) is 12.7 Å². The molecule has 0 spiro atoms. The minimum atomic E-state index is 0.355. The van der Waals surface area contributed by atoms with Gasteiger partial charge in [0.1, 0.15) is 36.5 Å². The van der Waals surface area contributed by atoms with Crippen molar-refractivity contribution >= 4 is 15.9 Å². The Hall–Kier alpha value is -2.19. The summed E-state index contributed by atoms with van der Waals surface area (Å²) < 4.78 is 17.1. The number of ether oxygens (including phenoxy) is 3. The quantitative estimate of drug-likeness (QED) is 0.746. The largest absolute Gasteiger partial charge is 0.497 e. The van der Waals surface area contributed by atoms with Crippen LogP contribution >= 0.6 is 15.9 Å². The molecular weight excluding hydrogens is 334 g/mol. The van der Waals surface area contributed by atoms with Gasteiger partial charge in [-0.3, -0.25) is 0 Å². The van der Waals surface area contributed by atoms with E-state index < -0.39 is 0 Å². The fourth-order valence-electron chi connectivity index (χ4n) is 1.72. The lowest BCUT2D eigenvalue weighted by molar-refractivity contribution is 0.216. The Labute approximate surface area is 132 Å². The topological polar surface area (TPSA) is 51.5 Å². The summed E-state index contributed by atoms with van der Waals surface area (Å²) in [6.45, 7) is 0.738. The van der Waals surface area contributed by atoms with Crippen molar-refractivity contribution in [2.24, 2.45) is 0 Å². The number of halogens is 1. The van der Waals surface area contributed by atoms with Crippen molar-refractivity contribution in [2.45, 2.75) is 0 Å². The highest BCUT2D eigenvalue weighted by Gasteiger charge is 2.04. The van der Waals surface area contributed by atoms with Crippen LogP contribution in [0.3, 0.4) is 0 Å². The SMILES string of the molecule is COc1cccc(OCCOc2ccc(Br)cc2C#N)c1. The van der Waals surface area contributed by atoms with Gasteiger partial charge in [-0.15, -0.1) is 0 Å². The maximum absolute atomic E-state index is 9.04. The molecule has 0 aliphatic heterocycles. The van der Waals surface area contributed by atoms with Gasteiger partial charge in [-0.05, 0) is 30.3 Å². The number of rotatable bonds is 6. The van der Waals surface area contributed by atoms with Gasteiger partial charge in [-0.2, -0.15) is 5.26 Å². The van der Waals surface area contributed by atoms with Crippen LogP contribution in [0.5, 0.6) is 17.2 Å². The Kier molecular flexibility index (Phi) is 5.47. The summed E-state index contributed by atoms with van der Waals surface area (Å²) in [5.74, 6) is 2.01. The molecule has 0 saturated carbocycles. The smallest absolute Gasteiger partial charge is 0.137 e. The first kappa shape index (κ1) is 15.2. The standard InChI is InChI=1S/C16H14BrNO3/c1-19-14-3-2-4-15(10-14)20-7-8-21-16-6-5-13(17)9-12(16)11-18/h2-6,9-10H,7-8H2,1H3. The molecule has 0 amide bonds. The van der Waals surface area contributed by atoms with E-state index in [1.54, 1.807) is 25.3 Å². The molecule has 4 nitrogen and oxygen atoms in total. The number of nitrogens with zero attached hydrogens (tertiary/aromatic N) is 1. The predicted octanol–water partition coefficient (Wildman–Crippen LogP) is 3.79. The average molecular weight is 348 g/mol. The van der Waals surface area contributed by atoms with Crippen LogP contribution in [-0.2, 0) is 0 Å². The van der Waals surface area contributed by atoms with E-state index in [0.29, 0.717) is 30.3 Å². The van der Waals surface area contributed by atoms with Gasteiger partial charge >= 0.3 is 0 Å². The van der Waals surface area contributed by atoms with Gasteiger partial charge in [0.15, 0.2) is 0 Å². The molecule has 0 unspecified atom stereocenters. The molecule has 0 N–H and O–H groups in total.